The standard InChI is InChI=1S/C26H40FNO7Si2/c1-25(2,3)35-24(32)28-16-13-12-15(22(30)31)21(29)18(16)19-17(14-33-37(10,11)26(4,5)6)34-23(20(19)27)36(7,8)9/h12-13,29H,14H2,1-11H3,(H,28,32)(H,30,31). The lowest BCUT2D eigenvalue weighted by Gasteiger charge is -2.35. The number of halogens is 1. The average molecular weight is 554 g/mol. The second kappa shape index (κ2) is 10.3. The van der Waals surface area contributed by atoms with Crippen LogP contribution in [-0.2, 0) is 15.8 Å². The molecule has 0 aliphatic rings. The predicted molar refractivity (Wildman–Crippen MR) is 148 cm³/mol. The summed E-state index contributed by atoms with van der Waals surface area (Å²) in [5, 5.41) is 23.2. The highest BCUT2D eigenvalue weighted by Crippen LogP contribution is 2.44. The molecule has 1 amide bonds. The molecule has 0 saturated heterocycles. The van der Waals surface area contributed by atoms with Gasteiger partial charge in [-0.2, -0.15) is 0 Å². The first kappa shape index (κ1) is 30.6. The Balaban J connectivity index is 2.81. The van der Waals surface area contributed by atoms with Crippen molar-refractivity contribution < 1.29 is 37.8 Å². The molecule has 3 N–H and O–H groups in total. The molecule has 0 spiro atoms. The summed E-state index contributed by atoms with van der Waals surface area (Å²) in [5.74, 6) is -2.70. The van der Waals surface area contributed by atoms with E-state index in [2.05, 4.69) is 26.1 Å². The van der Waals surface area contributed by atoms with E-state index in [1.165, 1.54) is 6.07 Å². The Morgan fingerprint density at radius 2 is 1.59 bits per heavy atom. The number of aromatic carboxylic acids is 1. The Bertz CT molecular complexity index is 1190. The zero-order chi connectivity index (χ0) is 28.7. The van der Waals surface area contributed by atoms with Crippen LogP contribution in [0.15, 0.2) is 16.5 Å². The van der Waals surface area contributed by atoms with Gasteiger partial charge in [-0.1, -0.05) is 40.4 Å². The highest BCUT2D eigenvalue weighted by molar-refractivity contribution is 6.87. The number of hydrogen-bond acceptors (Lipinski definition) is 6. The van der Waals surface area contributed by atoms with E-state index in [9.17, 15) is 19.8 Å². The third kappa shape index (κ3) is 7.02. The van der Waals surface area contributed by atoms with Gasteiger partial charge in [0.05, 0.1) is 23.4 Å². The van der Waals surface area contributed by atoms with E-state index in [4.69, 9.17) is 13.6 Å². The van der Waals surface area contributed by atoms with E-state index in [1.807, 2.05) is 32.7 Å². The number of aromatic hydroxyl groups is 1. The zero-order valence-electron chi connectivity index (χ0n) is 23.7. The number of ether oxygens (including phenoxy) is 1. The van der Waals surface area contributed by atoms with Crippen molar-refractivity contribution in [2.75, 3.05) is 5.32 Å². The second-order valence-corrected chi connectivity index (χ2v) is 22.4. The minimum atomic E-state index is -2.36. The van der Waals surface area contributed by atoms with Crippen molar-refractivity contribution in [3.8, 4) is 16.9 Å². The fourth-order valence-electron chi connectivity index (χ4n) is 3.29. The molecule has 0 atom stereocenters. The van der Waals surface area contributed by atoms with Crippen LogP contribution in [0.25, 0.3) is 11.1 Å². The lowest BCUT2D eigenvalue weighted by molar-refractivity contribution is 0.0634. The third-order valence-corrected chi connectivity index (χ3v) is 12.4. The smallest absolute Gasteiger partial charge is 0.412 e. The van der Waals surface area contributed by atoms with Gasteiger partial charge in [0.15, 0.2) is 14.1 Å². The van der Waals surface area contributed by atoms with Gasteiger partial charge < -0.3 is 23.8 Å². The maximum absolute atomic E-state index is 16.1. The first-order valence-electron chi connectivity index (χ1n) is 12.1. The quantitative estimate of drug-likeness (QED) is 0.319. The van der Waals surface area contributed by atoms with Gasteiger partial charge in [-0.25, -0.2) is 14.0 Å². The molecule has 0 fully saturated rings. The molecule has 2 aromatic rings. The fourth-order valence-corrected chi connectivity index (χ4v) is 5.42. The van der Waals surface area contributed by atoms with Gasteiger partial charge >= 0.3 is 12.1 Å². The van der Waals surface area contributed by atoms with Crippen LogP contribution in [0.3, 0.4) is 0 Å². The van der Waals surface area contributed by atoms with Crippen LogP contribution < -0.4 is 10.7 Å². The van der Waals surface area contributed by atoms with Crippen LogP contribution >= 0.6 is 0 Å². The maximum Gasteiger partial charge on any atom is 0.412 e. The first-order chi connectivity index (χ1) is 16.6. The summed E-state index contributed by atoms with van der Waals surface area (Å²) in [6, 6.07) is 2.43. The normalized spacial score (nSPS) is 13.0. The molecule has 2 rings (SSSR count). The fraction of sp³-hybridized carbons (Fsp3) is 0.538. The van der Waals surface area contributed by atoms with Crippen molar-refractivity contribution in [2.45, 2.75) is 91.5 Å². The molecule has 37 heavy (non-hydrogen) atoms. The lowest BCUT2D eigenvalue weighted by Crippen LogP contribution is -2.40. The number of hydrogen-bond donors (Lipinski definition) is 3. The highest BCUT2D eigenvalue weighted by atomic mass is 28.4. The number of carboxylic acids is 1. The number of carbonyl (C=O) groups is 2. The number of benzene rings is 1. The van der Waals surface area contributed by atoms with Crippen molar-refractivity contribution in [3.05, 3.63) is 29.3 Å². The number of phenols is 1. The van der Waals surface area contributed by atoms with Crippen LogP contribution in [0, 0.1) is 5.82 Å². The summed E-state index contributed by atoms with van der Waals surface area (Å²) in [7, 11) is -4.65. The Hall–Kier alpha value is -2.64. The third-order valence-electron chi connectivity index (χ3n) is 6.27. The second-order valence-electron chi connectivity index (χ2n) is 12.7. The van der Waals surface area contributed by atoms with Gasteiger partial charge in [0.1, 0.15) is 36.1 Å². The molecule has 0 radical (unpaired) electrons. The van der Waals surface area contributed by atoms with Crippen LogP contribution in [-0.4, -0.2) is 44.3 Å². The van der Waals surface area contributed by atoms with Gasteiger partial charge in [-0.15, -0.1) is 0 Å². The van der Waals surface area contributed by atoms with Crippen LogP contribution in [0.4, 0.5) is 14.9 Å². The van der Waals surface area contributed by atoms with E-state index >= 15 is 4.39 Å². The number of amides is 1. The molecule has 11 heteroatoms. The van der Waals surface area contributed by atoms with Gasteiger partial charge in [-0.3, -0.25) is 5.32 Å². The van der Waals surface area contributed by atoms with E-state index in [-0.39, 0.29) is 39.6 Å². The van der Waals surface area contributed by atoms with Crippen molar-refractivity contribution >= 4 is 39.5 Å². The topological polar surface area (TPSA) is 118 Å². The van der Waals surface area contributed by atoms with Crippen molar-refractivity contribution in [1.82, 2.24) is 0 Å². The Labute approximate surface area is 220 Å². The van der Waals surface area contributed by atoms with Gasteiger partial charge in [0.25, 0.3) is 0 Å². The Morgan fingerprint density at radius 1 is 1.03 bits per heavy atom. The molecule has 1 heterocycles. The van der Waals surface area contributed by atoms with E-state index in [1.54, 1.807) is 20.8 Å². The monoisotopic (exact) mass is 553 g/mol. The van der Waals surface area contributed by atoms with Crippen LogP contribution in [0.2, 0.25) is 37.8 Å². The minimum absolute atomic E-state index is 0.0212. The molecule has 0 aliphatic carbocycles. The zero-order valence-corrected chi connectivity index (χ0v) is 25.7. The summed E-state index contributed by atoms with van der Waals surface area (Å²) >= 11 is 0. The number of furan rings is 1. The molecule has 1 aromatic heterocycles. The molecule has 1 aromatic carbocycles. The predicted octanol–water partition coefficient (Wildman–Crippen LogP) is 6.90. The van der Waals surface area contributed by atoms with E-state index < -0.39 is 51.2 Å². The molecule has 8 nitrogen and oxygen atoms in total. The summed E-state index contributed by atoms with van der Waals surface area (Å²) in [4.78, 5) is 24.4. The number of rotatable bonds is 7. The summed E-state index contributed by atoms with van der Waals surface area (Å²) in [6.45, 7) is 21.0. The number of nitrogens with one attached hydrogen (secondary N) is 1. The van der Waals surface area contributed by atoms with Crippen LogP contribution in [0.1, 0.15) is 57.7 Å². The van der Waals surface area contributed by atoms with E-state index in [0.29, 0.717) is 0 Å². The first-order valence-corrected chi connectivity index (χ1v) is 18.5. The SMILES string of the molecule is CC(C)(C)OC(=O)Nc1ccc(C(=O)O)c(O)c1-c1c(CO[Si](C)(C)C(C)(C)C)oc([Si](C)(C)C)c1F. The molecule has 206 valence electrons. The maximum atomic E-state index is 16.1. The molecule has 0 aliphatic heterocycles. The van der Waals surface area contributed by atoms with Gasteiger partial charge in [0.2, 0.25) is 0 Å². The van der Waals surface area contributed by atoms with E-state index in [0.717, 1.165) is 6.07 Å². The van der Waals surface area contributed by atoms with Gasteiger partial charge in [0, 0.05) is 0 Å². The molecule has 0 unspecified atom stereocenters. The summed E-state index contributed by atoms with van der Waals surface area (Å²) in [5.41, 5.74) is -1.63. The number of carbonyl (C=O) groups excluding carboxylic acids is 1. The lowest BCUT2D eigenvalue weighted by atomic mass is 9.99. The number of anilines is 1. The Morgan fingerprint density at radius 3 is 2.05 bits per heavy atom. The minimum Gasteiger partial charge on any atom is -0.506 e. The highest BCUT2D eigenvalue weighted by Gasteiger charge is 2.39. The van der Waals surface area contributed by atoms with Crippen molar-refractivity contribution in [1.29, 1.82) is 0 Å². The average Bonchev–Trinajstić information content (AvgIpc) is 3.00. The summed E-state index contributed by atoms with van der Waals surface area (Å²) in [6.07, 6.45) is -0.843. The largest absolute Gasteiger partial charge is 0.506 e. The van der Waals surface area contributed by atoms with Crippen molar-refractivity contribution in [3.63, 3.8) is 0 Å². The van der Waals surface area contributed by atoms with Crippen molar-refractivity contribution in [2.24, 2.45) is 0 Å². The molecule has 0 saturated carbocycles. The molecular weight excluding hydrogens is 513 g/mol. The Kier molecular flexibility index (Phi) is 8.48. The van der Waals surface area contributed by atoms with Crippen LogP contribution in [0.5, 0.6) is 5.75 Å². The van der Waals surface area contributed by atoms with Gasteiger partial charge in [-0.05, 0) is 51.0 Å². The molecule has 0 bridgehead atoms. The molecular formula is C26H40FNO7Si2. The number of carboxylic acid groups (broad SMARTS) is 1. The summed E-state index contributed by atoms with van der Waals surface area (Å²) < 4.78 is 33.8.